The number of rotatable bonds is 6. The van der Waals surface area contributed by atoms with Crippen molar-refractivity contribution in [3.63, 3.8) is 0 Å². The minimum atomic E-state index is 0.546. The van der Waals surface area contributed by atoms with E-state index >= 15 is 0 Å². The standard InChI is InChI=1S/C12H22N4O/c1-9(2)16(4)7-6-13-12-14-10(3)8-11(15-12)17-5/h8-9H,6-7H2,1-5H3,(H,13,14,15). The van der Waals surface area contributed by atoms with Gasteiger partial charge in [0.2, 0.25) is 11.8 Å². The predicted octanol–water partition coefficient (Wildman–Crippen LogP) is 1.55. The van der Waals surface area contributed by atoms with Crippen molar-refractivity contribution < 1.29 is 4.74 Å². The van der Waals surface area contributed by atoms with Gasteiger partial charge in [0.25, 0.3) is 0 Å². The van der Waals surface area contributed by atoms with Gasteiger partial charge in [0.05, 0.1) is 7.11 Å². The van der Waals surface area contributed by atoms with Gasteiger partial charge < -0.3 is 15.0 Å². The quantitative estimate of drug-likeness (QED) is 0.815. The lowest BCUT2D eigenvalue weighted by atomic mass is 10.3. The van der Waals surface area contributed by atoms with E-state index < -0.39 is 0 Å². The van der Waals surface area contributed by atoms with Gasteiger partial charge in [-0.25, -0.2) is 4.98 Å². The van der Waals surface area contributed by atoms with Gasteiger partial charge in [-0.3, -0.25) is 0 Å². The molecule has 0 saturated heterocycles. The Hall–Kier alpha value is -1.36. The molecule has 0 atom stereocenters. The second-order valence-corrected chi connectivity index (χ2v) is 4.38. The number of aromatic nitrogens is 2. The second-order valence-electron chi connectivity index (χ2n) is 4.38. The van der Waals surface area contributed by atoms with Crippen LogP contribution in [0.1, 0.15) is 19.5 Å². The van der Waals surface area contributed by atoms with Crippen molar-refractivity contribution in [2.45, 2.75) is 26.8 Å². The lowest BCUT2D eigenvalue weighted by Crippen LogP contribution is -2.31. The molecule has 0 aliphatic carbocycles. The number of methoxy groups -OCH3 is 1. The summed E-state index contributed by atoms with van der Waals surface area (Å²) >= 11 is 0. The van der Waals surface area contributed by atoms with Crippen LogP contribution in [-0.2, 0) is 0 Å². The minimum Gasteiger partial charge on any atom is -0.481 e. The van der Waals surface area contributed by atoms with E-state index in [4.69, 9.17) is 4.74 Å². The first-order chi connectivity index (χ1) is 8.02. The molecule has 1 aromatic rings. The molecule has 0 aliphatic rings. The van der Waals surface area contributed by atoms with Crippen molar-refractivity contribution in [1.29, 1.82) is 0 Å². The molecule has 0 bridgehead atoms. The Morgan fingerprint density at radius 2 is 2.12 bits per heavy atom. The molecule has 0 fully saturated rings. The molecule has 1 heterocycles. The first-order valence-corrected chi connectivity index (χ1v) is 5.86. The molecule has 0 radical (unpaired) electrons. The maximum atomic E-state index is 5.10. The van der Waals surface area contributed by atoms with E-state index in [1.807, 2.05) is 13.0 Å². The van der Waals surface area contributed by atoms with Crippen LogP contribution < -0.4 is 10.1 Å². The Morgan fingerprint density at radius 3 is 2.71 bits per heavy atom. The number of ether oxygens (including phenoxy) is 1. The molecule has 0 saturated carbocycles. The average Bonchev–Trinajstić information content (AvgIpc) is 2.27. The van der Waals surface area contributed by atoms with Gasteiger partial charge >= 0.3 is 0 Å². The van der Waals surface area contributed by atoms with Gasteiger partial charge in [-0.15, -0.1) is 0 Å². The molecule has 5 heteroatoms. The highest BCUT2D eigenvalue weighted by molar-refractivity contribution is 5.30. The van der Waals surface area contributed by atoms with E-state index in [0.29, 0.717) is 17.9 Å². The van der Waals surface area contributed by atoms with Gasteiger partial charge in [0.1, 0.15) is 0 Å². The first-order valence-electron chi connectivity index (χ1n) is 5.86. The van der Waals surface area contributed by atoms with Crippen LogP contribution in [-0.4, -0.2) is 48.2 Å². The van der Waals surface area contributed by atoms with Crippen LogP contribution in [0.15, 0.2) is 6.07 Å². The van der Waals surface area contributed by atoms with Crippen LogP contribution >= 0.6 is 0 Å². The molecule has 1 rings (SSSR count). The van der Waals surface area contributed by atoms with E-state index in [1.165, 1.54) is 0 Å². The molecule has 0 spiro atoms. The fourth-order valence-electron chi connectivity index (χ4n) is 1.33. The SMILES string of the molecule is COc1cc(C)nc(NCCN(C)C(C)C)n1. The van der Waals surface area contributed by atoms with Gasteiger partial charge in [-0.2, -0.15) is 4.98 Å². The zero-order chi connectivity index (χ0) is 12.8. The summed E-state index contributed by atoms with van der Waals surface area (Å²) in [6.45, 7) is 8.05. The Bertz CT molecular complexity index is 354. The number of nitrogens with one attached hydrogen (secondary N) is 1. The Balaban J connectivity index is 2.49. The first kappa shape index (κ1) is 13.7. The molecular weight excluding hydrogens is 216 g/mol. The summed E-state index contributed by atoms with van der Waals surface area (Å²) in [6, 6.07) is 2.36. The monoisotopic (exact) mass is 238 g/mol. The van der Waals surface area contributed by atoms with Crippen LogP contribution in [0.5, 0.6) is 5.88 Å². The zero-order valence-electron chi connectivity index (χ0n) is 11.3. The average molecular weight is 238 g/mol. The lowest BCUT2D eigenvalue weighted by Gasteiger charge is -2.20. The number of anilines is 1. The molecule has 17 heavy (non-hydrogen) atoms. The summed E-state index contributed by atoms with van der Waals surface area (Å²) in [5, 5.41) is 3.20. The molecule has 1 N–H and O–H groups in total. The van der Waals surface area contributed by atoms with E-state index in [2.05, 4.69) is 41.1 Å². The normalized spacial score (nSPS) is 11.0. The summed E-state index contributed by atoms with van der Waals surface area (Å²) in [5.74, 6) is 1.22. The molecular formula is C12H22N4O. The molecule has 0 unspecified atom stereocenters. The number of hydrogen-bond donors (Lipinski definition) is 1. The van der Waals surface area contributed by atoms with Crippen molar-refractivity contribution in [1.82, 2.24) is 14.9 Å². The number of aryl methyl sites for hydroxylation is 1. The second kappa shape index (κ2) is 6.39. The largest absolute Gasteiger partial charge is 0.481 e. The Morgan fingerprint density at radius 1 is 1.41 bits per heavy atom. The number of hydrogen-bond acceptors (Lipinski definition) is 5. The third kappa shape index (κ3) is 4.56. The van der Waals surface area contributed by atoms with E-state index in [-0.39, 0.29) is 0 Å². The van der Waals surface area contributed by atoms with Crippen molar-refractivity contribution in [2.75, 3.05) is 32.6 Å². The van der Waals surface area contributed by atoms with E-state index in [1.54, 1.807) is 7.11 Å². The van der Waals surface area contributed by atoms with Crippen LogP contribution in [0.3, 0.4) is 0 Å². The van der Waals surface area contributed by atoms with E-state index in [0.717, 1.165) is 18.8 Å². The highest BCUT2D eigenvalue weighted by atomic mass is 16.5. The van der Waals surface area contributed by atoms with Gasteiger partial charge in [0.15, 0.2) is 0 Å². The van der Waals surface area contributed by atoms with Gasteiger partial charge in [0, 0.05) is 30.9 Å². The van der Waals surface area contributed by atoms with E-state index in [9.17, 15) is 0 Å². The Kier molecular flexibility index (Phi) is 5.15. The van der Waals surface area contributed by atoms with Crippen LogP contribution in [0.4, 0.5) is 5.95 Å². The molecule has 96 valence electrons. The molecule has 5 nitrogen and oxygen atoms in total. The van der Waals surface area contributed by atoms with Crippen molar-refractivity contribution in [3.05, 3.63) is 11.8 Å². The third-order valence-electron chi connectivity index (χ3n) is 2.67. The van der Waals surface area contributed by atoms with Crippen molar-refractivity contribution in [2.24, 2.45) is 0 Å². The highest BCUT2D eigenvalue weighted by Gasteiger charge is 2.04. The topological polar surface area (TPSA) is 50.3 Å². The number of likely N-dealkylation sites (N-methyl/N-ethyl adjacent to an activating group) is 1. The van der Waals surface area contributed by atoms with Crippen LogP contribution in [0, 0.1) is 6.92 Å². The van der Waals surface area contributed by atoms with Crippen LogP contribution in [0.2, 0.25) is 0 Å². The maximum Gasteiger partial charge on any atom is 0.226 e. The molecule has 0 aliphatic heterocycles. The predicted molar refractivity (Wildman–Crippen MR) is 69.6 cm³/mol. The summed E-state index contributed by atoms with van der Waals surface area (Å²) in [6.07, 6.45) is 0. The van der Waals surface area contributed by atoms with Crippen molar-refractivity contribution >= 4 is 5.95 Å². The van der Waals surface area contributed by atoms with Crippen LogP contribution in [0.25, 0.3) is 0 Å². The Labute approximate surface area is 103 Å². The summed E-state index contributed by atoms with van der Waals surface area (Å²) < 4.78 is 5.10. The molecule has 0 aromatic carbocycles. The fourth-order valence-corrected chi connectivity index (χ4v) is 1.33. The summed E-state index contributed by atoms with van der Waals surface area (Å²) in [4.78, 5) is 10.8. The number of nitrogens with zero attached hydrogens (tertiary/aromatic N) is 3. The maximum absolute atomic E-state index is 5.10. The molecule has 1 aromatic heterocycles. The van der Waals surface area contributed by atoms with Gasteiger partial charge in [-0.1, -0.05) is 0 Å². The summed E-state index contributed by atoms with van der Waals surface area (Å²) in [7, 11) is 3.71. The lowest BCUT2D eigenvalue weighted by molar-refractivity contribution is 0.284. The summed E-state index contributed by atoms with van der Waals surface area (Å²) in [5.41, 5.74) is 0.900. The fraction of sp³-hybridized carbons (Fsp3) is 0.667. The smallest absolute Gasteiger partial charge is 0.226 e. The zero-order valence-corrected chi connectivity index (χ0v) is 11.3. The third-order valence-corrected chi connectivity index (χ3v) is 2.67. The van der Waals surface area contributed by atoms with Gasteiger partial charge in [-0.05, 0) is 27.8 Å². The van der Waals surface area contributed by atoms with Crippen molar-refractivity contribution in [3.8, 4) is 5.88 Å². The molecule has 0 amide bonds. The minimum absolute atomic E-state index is 0.546. The highest BCUT2D eigenvalue weighted by Crippen LogP contribution is 2.10.